The Kier molecular flexibility index (Phi) is 4.92. The molecule has 2 aromatic heterocycles. The highest BCUT2D eigenvalue weighted by Gasteiger charge is 2.31. The van der Waals surface area contributed by atoms with Gasteiger partial charge in [0.2, 0.25) is 5.91 Å². The van der Waals surface area contributed by atoms with Gasteiger partial charge < -0.3 is 16.0 Å². The first-order valence-electron chi connectivity index (χ1n) is 7.91. The van der Waals surface area contributed by atoms with Crippen LogP contribution in [0.15, 0.2) is 35.6 Å². The molecule has 1 aliphatic heterocycles. The van der Waals surface area contributed by atoms with Crippen LogP contribution in [0.1, 0.15) is 10.5 Å². The molecule has 0 atom stereocenters. The molecular weight excluding hydrogens is 343 g/mol. The fourth-order valence-electron chi connectivity index (χ4n) is 2.61. The van der Waals surface area contributed by atoms with Gasteiger partial charge in [-0.3, -0.25) is 19.0 Å². The van der Waals surface area contributed by atoms with Crippen molar-refractivity contribution in [3.8, 4) is 0 Å². The lowest BCUT2D eigenvalue weighted by Crippen LogP contribution is -2.55. The Hall–Kier alpha value is -3.30. The zero-order chi connectivity index (χ0) is 18.7. The van der Waals surface area contributed by atoms with Gasteiger partial charge in [0.05, 0.1) is 18.2 Å². The molecule has 2 amide bonds. The normalized spacial score (nSPS) is 14.0. The Balaban J connectivity index is 1.45. The first kappa shape index (κ1) is 17.5. The van der Waals surface area contributed by atoms with E-state index in [-0.39, 0.29) is 35.3 Å². The summed E-state index contributed by atoms with van der Waals surface area (Å²) in [6, 6.07) is 2.32. The average molecular weight is 360 g/mol. The van der Waals surface area contributed by atoms with Crippen molar-refractivity contribution in [2.24, 2.45) is 5.92 Å². The van der Waals surface area contributed by atoms with Crippen LogP contribution < -0.4 is 16.6 Å². The van der Waals surface area contributed by atoms with Crippen molar-refractivity contribution < 1.29 is 14.0 Å². The molecule has 0 radical (unpaired) electrons. The number of hydrogen-bond donors (Lipinski definition) is 2. The van der Waals surface area contributed by atoms with Crippen molar-refractivity contribution in [1.82, 2.24) is 24.8 Å². The molecule has 26 heavy (non-hydrogen) atoms. The van der Waals surface area contributed by atoms with Crippen molar-refractivity contribution >= 4 is 17.5 Å². The molecule has 1 aliphatic rings. The number of pyridine rings is 1. The molecule has 136 valence electrons. The number of nitrogens with zero attached hydrogens (tertiary/aromatic N) is 4. The molecule has 0 spiro atoms. The van der Waals surface area contributed by atoms with Gasteiger partial charge in [0, 0.05) is 43.9 Å². The molecule has 3 rings (SSSR count). The summed E-state index contributed by atoms with van der Waals surface area (Å²) in [4.78, 5) is 44.8. The number of carbonyl (C=O) groups is 2. The summed E-state index contributed by atoms with van der Waals surface area (Å²) in [5.41, 5.74) is 5.22. The number of nitrogen functional groups attached to an aromatic ring is 1. The molecule has 2 aromatic rings. The van der Waals surface area contributed by atoms with Crippen LogP contribution in [0, 0.1) is 11.7 Å². The maximum absolute atomic E-state index is 13.0. The lowest BCUT2D eigenvalue weighted by Gasteiger charge is -2.39. The van der Waals surface area contributed by atoms with Crippen LogP contribution in [0.5, 0.6) is 0 Å². The molecular formula is C16H17FN6O3. The first-order chi connectivity index (χ1) is 12.4. The van der Waals surface area contributed by atoms with Crippen molar-refractivity contribution in [3.05, 3.63) is 52.7 Å². The summed E-state index contributed by atoms with van der Waals surface area (Å²) < 4.78 is 14.2. The monoisotopic (exact) mass is 360 g/mol. The van der Waals surface area contributed by atoms with Crippen molar-refractivity contribution in [3.63, 3.8) is 0 Å². The van der Waals surface area contributed by atoms with Crippen LogP contribution in [-0.4, -0.2) is 50.9 Å². The van der Waals surface area contributed by atoms with Gasteiger partial charge in [0.15, 0.2) is 5.69 Å². The van der Waals surface area contributed by atoms with E-state index in [9.17, 15) is 18.8 Å². The fourth-order valence-corrected chi connectivity index (χ4v) is 2.61. The van der Waals surface area contributed by atoms with E-state index in [1.165, 1.54) is 23.2 Å². The van der Waals surface area contributed by atoms with Gasteiger partial charge in [0.25, 0.3) is 11.5 Å². The van der Waals surface area contributed by atoms with Gasteiger partial charge in [-0.15, -0.1) is 0 Å². The summed E-state index contributed by atoms with van der Waals surface area (Å²) in [5, 5.41) is 2.67. The third-order valence-corrected chi connectivity index (χ3v) is 4.06. The Morgan fingerprint density at radius 1 is 1.38 bits per heavy atom. The number of hydrogen-bond acceptors (Lipinski definition) is 6. The highest BCUT2D eigenvalue weighted by Crippen LogP contribution is 2.16. The lowest BCUT2D eigenvalue weighted by atomic mass is 10.00. The van der Waals surface area contributed by atoms with Crippen LogP contribution >= 0.6 is 0 Å². The van der Waals surface area contributed by atoms with E-state index >= 15 is 0 Å². The predicted molar refractivity (Wildman–Crippen MR) is 89.5 cm³/mol. The second-order valence-corrected chi connectivity index (χ2v) is 6.01. The summed E-state index contributed by atoms with van der Waals surface area (Å²) in [6.07, 6.45) is 3.61. The molecule has 0 bridgehead atoms. The Morgan fingerprint density at radius 3 is 2.85 bits per heavy atom. The van der Waals surface area contributed by atoms with Gasteiger partial charge in [0.1, 0.15) is 12.4 Å². The predicted octanol–water partition coefficient (Wildman–Crippen LogP) is -0.752. The van der Waals surface area contributed by atoms with E-state index in [1.807, 2.05) is 0 Å². The average Bonchev–Trinajstić information content (AvgIpc) is 2.55. The van der Waals surface area contributed by atoms with Gasteiger partial charge in [-0.25, -0.2) is 14.4 Å². The molecule has 10 heteroatoms. The molecule has 9 nitrogen and oxygen atoms in total. The summed E-state index contributed by atoms with van der Waals surface area (Å²) >= 11 is 0. The molecule has 0 saturated carbocycles. The quantitative estimate of drug-likeness (QED) is 0.723. The number of anilines is 1. The maximum atomic E-state index is 13.0. The molecule has 1 fully saturated rings. The zero-order valence-electron chi connectivity index (χ0n) is 13.8. The summed E-state index contributed by atoms with van der Waals surface area (Å²) in [7, 11) is 0. The fraction of sp³-hybridized carbons (Fsp3) is 0.312. The SMILES string of the molecule is Nc1cc(F)cnc1C(=O)NCC1CN(C(=O)Cn2cnccc2=O)C1. The first-order valence-corrected chi connectivity index (χ1v) is 7.91. The second kappa shape index (κ2) is 7.30. The number of halogens is 1. The largest absolute Gasteiger partial charge is 0.397 e. The molecule has 0 unspecified atom stereocenters. The number of nitrogens with one attached hydrogen (secondary N) is 1. The molecule has 1 saturated heterocycles. The minimum absolute atomic E-state index is 0.0326. The molecule has 0 aliphatic carbocycles. The highest BCUT2D eigenvalue weighted by atomic mass is 19.1. The maximum Gasteiger partial charge on any atom is 0.272 e. The van der Waals surface area contributed by atoms with E-state index in [1.54, 1.807) is 4.90 Å². The van der Waals surface area contributed by atoms with Crippen LogP contribution in [0.3, 0.4) is 0 Å². The number of aromatic nitrogens is 3. The van der Waals surface area contributed by atoms with Crippen LogP contribution in [0.25, 0.3) is 0 Å². The van der Waals surface area contributed by atoms with Crippen molar-refractivity contribution in [1.29, 1.82) is 0 Å². The number of carbonyl (C=O) groups excluding carboxylic acids is 2. The third-order valence-electron chi connectivity index (χ3n) is 4.06. The summed E-state index contributed by atoms with van der Waals surface area (Å²) in [6.45, 7) is 1.22. The number of likely N-dealkylation sites (tertiary alicyclic amines) is 1. The van der Waals surface area contributed by atoms with Crippen molar-refractivity contribution in [2.45, 2.75) is 6.54 Å². The minimum Gasteiger partial charge on any atom is -0.397 e. The zero-order valence-corrected chi connectivity index (χ0v) is 13.8. The van der Waals surface area contributed by atoms with E-state index in [4.69, 9.17) is 5.73 Å². The van der Waals surface area contributed by atoms with E-state index in [0.717, 1.165) is 12.3 Å². The van der Waals surface area contributed by atoms with Crippen molar-refractivity contribution in [2.75, 3.05) is 25.4 Å². The van der Waals surface area contributed by atoms with Gasteiger partial charge in [-0.05, 0) is 0 Å². The molecule has 3 heterocycles. The summed E-state index contributed by atoms with van der Waals surface area (Å²) in [5.74, 6) is -1.20. The topological polar surface area (TPSA) is 123 Å². The van der Waals surface area contributed by atoms with E-state index in [0.29, 0.717) is 19.6 Å². The molecule has 0 aromatic carbocycles. The molecule has 3 N–H and O–H groups in total. The third kappa shape index (κ3) is 3.85. The van der Waals surface area contributed by atoms with Gasteiger partial charge >= 0.3 is 0 Å². The van der Waals surface area contributed by atoms with E-state index in [2.05, 4.69) is 15.3 Å². The Morgan fingerprint density at radius 2 is 2.15 bits per heavy atom. The lowest BCUT2D eigenvalue weighted by molar-refractivity contribution is -0.138. The number of nitrogens with two attached hydrogens (primary N) is 1. The van der Waals surface area contributed by atoms with Gasteiger partial charge in [-0.2, -0.15) is 0 Å². The van der Waals surface area contributed by atoms with Crippen LogP contribution in [0.4, 0.5) is 10.1 Å². The van der Waals surface area contributed by atoms with Gasteiger partial charge in [-0.1, -0.05) is 0 Å². The second-order valence-electron chi connectivity index (χ2n) is 6.01. The number of rotatable bonds is 5. The Labute approximate surface area is 147 Å². The number of amides is 2. The Bertz CT molecular complexity index is 894. The highest BCUT2D eigenvalue weighted by molar-refractivity contribution is 5.97. The smallest absolute Gasteiger partial charge is 0.272 e. The minimum atomic E-state index is -0.611. The standard InChI is InChI=1S/C16H17FN6O3/c17-11-3-12(18)15(20-5-11)16(26)21-4-10-6-22(7-10)14(25)8-23-9-19-2-1-13(23)24/h1-3,5,9-10H,4,6-8,18H2,(H,21,26). The van der Waals surface area contributed by atoms with Crippen LogP contribution in [-0.2, 0) is 11.3 Å². The van der Waals surface area contributed by atoms with Crippen LogP contribution in [0.2, 0.25) is 0 Å². The van der Waals surface area contributed by atoms with E-state index < -0.39 is 11.7 Å².